The van der Waals surface area contributed by atoms with Gasteiger partial charge in [-0.2, -0.15) is 5.26 Å². The molecule has 1 heterocycles. The van der Waals surface area contributed by atoms with Gasteiger partial charge in [0.25, 0.3) is 5.91 Å². The van der Waals surface area contributed by atoms with Crippen LogP contribution in [0.5, 0.6) is 0 Å². The van der Waals surface area contributed by atoms with Gasteiger partial charge < -0.3 is 5.32 Å². The third-order valence-corrected chi connectivity index (χ3v) is 5.06. The molecule has 1 saturated carbocycles. The fourth-order valence-corrected chi connectivity index (χ4v) is 3.21. The van der Waals surface area contributed by atoms with Crippen molar-refractivity contribution in [3.8, 4) is 6.07 Å². The van der Waals surface area contributed by atoms with Crippen LogP contribution in [0.1, 0.15) is 48.7 Å². The summed E-state index contributed by atoms with van der Waals surface area (Å²) in [5, 5.41) is 12.6. The lowest BCUT2D eigenvalue weighted by Crippen LogP contribution is -2.52. The van der Waals surface area contributed by atoms with Crippen LogP contribution >= 0.6 is 15.9 Å². The number of nitrogens with zero attached hydrogens (tertiary/aromatic N) is 2. The average molecular weight is 336 g/mol. The molecule has 0 spiro atoms. The molecule has 106 valence electrons. The van der Waals surface area contributed by atoms with Gasteiger partial charge in [-0.1, -0.05) is 22.9 Å². The number of carbonyl (C=O) groups is 1. The minimum Gasteiger partial charge on any atom is -0.344 e. The zero-order chi connectivity index (χ0) is 14.6. The molecule has 0 radical (unpaired) electrons. The highest BCUT2D eigenvalue weighted by Gasteiger charge is 2.35. The Kier molecular flexibility index (Phi) is 4.77. The Labute approximate surface area is 127 Å². The molecule has 1 aliphatic carbocycles. The quantitative estimate of drug-likeness (QED) is 0.863. The van der Waals surface area contributed by atoms with Gasteiger partial charge in [-0.05, 0) is 43.7 Å². The molecule has 20 heavy (non-hydrogen) atoms. The molecule has 1 N–H and O–H groups in total. The lowest BCUT2D eigenvalue weighted by atomic mass is 9.78. The van der Waals surface area contributed by atoms with Crippen molar-refractivity contribution in [2.75, 3.05) is 5.33 Å². The first-order chi connectivity index (χ1) is 9.58. The molecule has 4 nitrogen and oxygen atoms in total. The summed E-state index contributed by atoms with van der Waals surface area (Å²) < 4.78 is 0. The van der Waals surface area contributed by atoms with Crippen molar-refractivity contribution in [2.24, 2.45) is 5.92 Å². The summed E-state index contributed by atoms with van der Waals surface area (Å²) in [5.41, 5.74) is 0.658. The van der Waals surface area contributed by atoms with Crippen LogP contribution in [0.4, 0.5) is 0 Å². The van der Waals surface area contributed by atoms with Gasteiger partial charge in [-0.25, -0.2) is 4.98 Å². The predicted octanol–water partition coefficient (Wildman–Crippen LogP) is 3.03. The number of nitrogens with one attached hydrogen (secondary N) is 1. The van der Waals surface area contributed by atoms with E-state index in [1.54, 1.807) is 12.1 Å². The van der Waals surface area contributed by atoms with Crippen molar-refractivity contribution in [1.29, 1.82) is 5.26 Å². The molecule has 1 aromatic rings. The second-order valence-corrected chi connectivity index (χ2v) is 6.16. The number of pyridine rings is 1. The van der Waals surface area contributed by atoms with Gasteiger partial charge in [-0.3, -0.25) is 4.79 Å². The molecular weight excluding hydrogens is 318 g/mol. The number of hydrogen-bond donors (Lipinski definition) is 1. The second kappa shape index (κ2) is 6.36. The summed E-state index contributed by atoms with van der Waals surface area (Å²) >= 11 is 3.53. The summed E-state index contributed by atoms with van der Waals surface area (Å²) in [6.07, 6.45) is 5.67. The molecule has 1 amide bonds. The number of amides is 1. The maximum Gasteiger partial charge on any atom is 0.270 e. The summed E-state index contributed by atoms with van der Waals surface area (Å²) in [4.78, 5) is 16.3. The number of nitriles is 1. The molecule has 1 aromatic heterocycles. The van der Waals surface area contributed by atoms with Gasteiger partial charge in [0, 0.05) is 11.5 Å². The third-order valence-electron chi connectivity index (χ3n) is 3.99. The number of aromatic nitrogens is 1. The van der Waals surface area contributed by atoms with Crippen molar-refractivity contribution < 1.29 is 4.79 Å². The van der Waals surface area contributed by atoms with E-state index >= 15 is 0 Å². The Hall–Kier alpha value is -1.41. The Morgan fingerprint density at radius 3 is 2.75 bits per heavy atom. The Morgan fingerprint density at radius 2 is 2.25 bits per heavy atom. The maximum absolute atomic E-state index is 12.3. The molecule has 1 aliphatic rings. The minimum absolute atomic E-state index is 0.163. The maximum atomic E-state index is 12.3. The summed E-state index contributed by atoms with van der Waals surface area (Å²) in [6, 6.07) is 5.21. The lowest BCUT2D eigenvalue weighted by Gasteiger charge is -2.38. The standard InChI is InChI=1S/C15H18BrN3O/c1-11-4-6-15(10-16,7-5-11)19-14(20)13-3-2-12(8-17)9-18-13/h2-3,9,11H,4-7,10H2,1H3,(H,19,20). The van der Waals surface area contributed by atoms with Gasteiger partial charge in [0.2, 0.25) is 0 Å². The van der Waals surface area contributed by atoms with E-state index in [1.807, 2.05) is 6.07 Å². The molecule has 0 saturated heterocycles. The van der Waals surface area contributed by atoms with Crippen LogP contribution in [0.15, 0.2) is 18.3 Å². The van der Waals surface area contributed by atoms with E-state index in [0.717, 1.165) is 36.9 Å². The number of carbonyl (C=O) groups excluding carboxylic acids is 1. The van der Waals surface area contributed by atoms with E-state index in [9.17, 15) is 4.79 Å². The zero-order valence-corrected chi connectivity index (χ0v) is 13.1. The lowest BCUT2D eigenvalue weighted by molar-refractivity contribution is 0.0869. The molecular formula is C15H18BrN3O. The molecule has 5 heteroatoms. The molecule has 0 bridgehead atoms. The molecule has 0 aromatic carbocycles. The van der Waals surface area contributed by atoms with Crippen LogP contribution in [-0.2, 0) is 0 Å². The first kappa shape index (κ1) is 15.0. The normalized spacial score (nSPS) is 25.8. The molecule has 0 unspecified atom stereocenters. The molecule has 0 aliphatic heterocycles. The fraction of sp³-hybridized carbons (Fsp3) is 0.533. The SMILES string of the molecule is CC1CCC(CBr)(NC(=O)c2ccc(C#N)cn2)CC1. The van der Waals surface area contributed by atoms with E-state index in [4.69, 9.17) is 5.26 Å². The van der Waals surface area contributed by atoms with Gasteiger partial charge in [-0.15, -0.1) is 0 Å². The molecule has 0 atom stereocenters. The van der Waals surface area contributed by atoms with Crippen molar-refractivity contribution in [3.63, 3.8) is 0 Å². The summed E-state index contributed by atoms with van der Waals surface area (Å²) in [7, 11) is 0. The summed E-state index contributed by atoms with van der Waals surface area (Å²) in [5.74, 6) is 0.565. The Balaban J connectivity index is 2.07. The van der Waals surface area contributed by atoms with Crippen LogP contribution < -0.4 is 5.32 Å². The number of halogens is 1. The highest BCUT2D eigenvalue weighted by molar-refractivity contribution is 9.09. The first-order valence-electron chi connectivity index (χ1n) is 6.83. The van der Waals surface area contributed by atoms with Crippen LogP contribution in [0, 0.1) is 17.2 Å². The van der Waals surface area contributed by atoms with E-state index < -0.39 is 0 Å². The number of alkyl halides is 1. The monoisotopic (exact) mass is 335 g/mol. The van der Waals surface area contributed by atoms with Crippen LogP contribution in [0.25, 0.3) is 0 Å². The van der Waals surface area contributed by atoms with E-state index in [1.165, 1.54) is 6.20 Å². The van der Waals surface area contributed by atoms with E-state index in [0.29, 0.717) is 11.3 Å². The van der Waals surface area contributed by atoms with Crippen molar-refractivity contribution in [3.05, 3.63) is 29.6 Å². The fourth-order valence-electron chi connectivity index (χ4n) is 2.51. The first-order valence-corrected chi connectivity index (χ1v) is 7.95. The highest BCUT2D eigenvalue weighted by atomic mass is 79.9. The van der Waals surface area contributed by atoms with Gasteiger partial charge in [0.15, 0.2) is 0 Å². The largest absolute Gasteiger partial charge is 0.344 e. The van der Waals surface area contributed by atoms with Crippen LogP contribution in [0.2, 0.25) is 0 Å². The zero-order valence-electron chi connectivity index (χ0n) is 11.5. The smallest absolute Gasteiger partial charge is 0.270 e. The Morgan fingerprint density at radius 1 is 1.55 bits per heavy atom. The second-order valence-electron chi connectivity index (χ2n) is 5.59. The van der Waals surface area contributed by atoms with Gasteiger partial charge in [0.1, 0.15) is 11.8 Å². The van der Waals surface area contributed by atoms with E-state index in [2.05, 4.69) is 33.2 Å². The Bertz CT molecular complexity index is 513. The van der Waals surface area contributed by atoms with Gasteiger partial charge >= 0.3 is 0 Å². The molecule has 1 fully saturated rings. The summed E-state index contributed by atoms with van der Waals surface area (Å²) in [6.45, 7) is 2.25. The topological polar surface area (TPSA) is 65.8 Å². The minimum atomic E-state index is -0.167. The number of hydrogen-bond acceptors (Lipinski definition) is 3. The van der Waals surface area contributed by atoms with Crippen LogP contribution in [0.3, 0.4) is 0 Å². The molecule has 2 rings (SSSR count). The highest BCUT2D eigenvalue weighted by Crippen LogP contribution is 2.33. The van der Waals surface area contributed by atoms with E-state index in [-0.39, 0.29) is 11.4 Å². The van der Waals surface area contributed by atoms with Gasteiger partial charge in [0.05, 0.1) is 11.1 Å². The third kappa shape index (κ3) is 3.37. The van der Waals surface area contributed by atoms with Crippen molar-refractivity contribution in [1.82, 2.24) is 10.3 Å². The van der Waals surface area contributed by atoms with Crippen molar-refractivity contribution in [2.45, 2.75) is 38.1 Å². The number of rotatable bonds is 3. The van der Waals surface area contributed by atoms with Crippen LogP contribution in [-0.4, -0.2) is 21.8 Å². The predicted molar refractivity (Wildman–Crippen MR) is 80.6 cm³/mol. The van der Waals surface area contributed by atoms with Crippen molar-refractivity contribution >= 4 is 21.8 Å². The average Bonchev–Trinajstić information content (AvgIpc) is 2.50.